The van der Waals surface area contributed by atoms with Gasteiger partial charge in [0.05, 0.1) is 21.5 Å². The predicted molar refractivity (Wildman–Crippen MR) is 121 cm³/mol. The van der Waals surface area contributed by atoms with Gasteiger partial charge < -0.3 is 4.57 Å². The van der Waals surface area contributed by atoms with Crippen molar-refractivity contribution in [2.45, 2.75) is 54.2 Å². The SMILES string of the molecule is O=S(=O)(c1ccc2c(c1)nc(SCc1ccc(C(F)(F)F)cc1)n2CC1CC1)N1CCCC1. The number of benzene rings is 2. The van der Waals surface area contributed by atoms with Crippen LogP contribution in [0.15, 0.2) is 52.5 Å². The van der Waals surface area contributed by atoms with Crippen LogP contribution in [0.3, 0.4) is 0 Å². The van der Waals surface area contributed by atoms with Crippen molar-refractivity contribution >= 4 is 32.8 Å². The molecule has 0 atom stereocenters. The zero-order chi connectivity index (χ0) is 23.2. The zero-order valence-electron chi connectivity index (χ0n) is 17.9. The van der Waals surface area contributed by atoms with Crippen molar-refractivity contribution in [3.05, 3.63) is 53.6 Å². The molecule has 2 aliphatic rings. The van der Waals surface area contributed by atoms with Crippen LogP contribution in [0.1, 0.15) is 36.8 Å². The number of halogens is 3. The maximum absolute atomic E-state index is 13.0. The number of thioether (sulfide) groups is 1. The Labute approximate surface area is 195 Å². The number of sulfonamides is 1. The van der Waals surface area contributed by atoms with Crippen LogP contribution in [-0.4, -0.2) is 35.4 Å². The first-order chi connectivity index (χ1) is 15.7. The number of nitrogens with zero attached hydrogens (tertiary/aromatic N) is 3. The van der Waals surface area contributed by atoms with E-state index in [-0.39, 0.29) is 4.90 Å². The summed E-state index contributed by atoms with van der Waals surface area (Å²) in [5, 5.41) is 0.757. The third-order valence-electron chi connectivity index (χ3n) is 6.17. The van der Waals surface area contributed by atoms with Gasteiger partial charge in [-0.3, -0.25) is 0 Å². The first-order valence-electron chi connectivity index (χ1n) is 11.0. The average molecular weight is 496 g/mol. The van der Waals surface area contributed by atoms with Crippen LogP contribution in [0.5, 0.6) is 0 Å². The molecule has 0 radical (unpaired) electrons. The predicted octanol–water partition coefficient (Wildman–Crippen LogP) is 5.54. The van der Waals surface area contributed by atoms with Gasteiger partial charge in [0.15, 0.2) is 5.16 Å². The summed E-state index contributed by atoms with van der Waals surface area (Å²) in [5.41, 5.74) is 1.63. The lowest BCUT2D eigenvalue weighted by atomic mass is 10.1. The van der Waals surface area contributed by atoms with Crippen LogP contribution in [0.2, 0.25) is 0 Å². The number of hydrogen-bond acceptors (Lipinski definition) is 4. The first-order valence-corrected chi connectivity index (χ1v) is 13.4. The van der Waals surface area contributed by atoms with E-state index in [0.717, 1.165) is 60.6 Å². The van der Waals surface area contributed by atoms with Gasteiger partial charge in [-0.25, -0.2) is 13.4 Å². The average Bonchev–Trinajstić information content (AvgIpc) is 3.29. The van der Waals surface area contributed by atoms with E-state index in [1.807, 2.05) is 6.07 Å². The fraction of sp³-hybridized carbons (Fsp3) is 0.435. The van der Waals surface area contributed by atoms with Gasteiger partial charge in [0.25, 0.3) is 0 Å². The molecular weight excluding hydrogens is 471 g/mol. The molecule has 176 valence electrons. The highest BCUT2D eigenvalue weighted by molar-refractivity contribution is 7.98. The van der Waals surface area contributed by atoms with Crippen molar-refractivity contribution < 1.29 is 21.6 Å². The molecule has 3 aromatic rings. The van der Waals surface area contributed by atoms with Gasteiger partial charge in [0.1, 0.15) is 0 Å². The van der Waals surface area contributed by atoms with Crippen LogP contribution in [0, 0.1) is 5.92 Å². The molecule has 0 unspecified atom stereocenters. The maximum Gasteiger partial charge on any atom is 0.416 e. The Morgan fingerprint density at radius 3 is 2.36 bits per heavy atom. The Morgan fingerprint density at radius 1 is 1.03 bits per heavy atom. The summed E-state index contributed by atoms with van der Waals surface area (Å²) in [6, 6.07) is 10.3. The van der Waals surface area contributed by atoms with E-state index in [4.69, 9.17) is 4.98 Å². The van der Waals surface area contributed by atoms with E-state index in [1.165, 1.54) is 28.2 Å². The summed E-state index contributed by atoms with van der Waals surface area (Å²) in [5.74, 6) is 1.06. The molecule has 5 rings (SSSR count). The molecule has 0 bridgehead atoms. The Morgan fingerprint density at radius 2 is 1.73 bits per heavy atom. The first kappa shape index (κ1) is 22.7. The van der Waals surface area contributed by atoms with Crippen molar-refractivity contribution in [3.63, 3.8) is 0 Å². The molecule has 2 aromatic carbocycles. The fourth-order valence-electron chi connectivity index (χ4n) is 4.11. The molecule has 33 heavy (non-hydrogen) atoms. The number of alkyl halides is 3. The minimum atomic E-state index is -4.35. The topological polar surface area (TPSA) is 55.2 Å². The van der Waals surface area contributed by atoms with E-state index in [9.17, 15) is 21.6 Å². The molecule has 0 amide bonds. The molecule has 0 N–H and O–H groups in total. The Kier molecular flexibility index (Phi) is 5.95. The summed E-state index contributed by atoms with van der Waals surface area (Å²) < 4.78 is 68.0. The second-order valence-electron chi connectivity index (χ2n) is 8.69. The standard InChI is InChI=1S/C23H24F3N3O2S2/c24-23(25,26)18-7-5-17(6-8-18)15-32-22-27-20-13-19(33(30,31)28-11-1-2-12-28)9-10-21(20)29(22)14-16-3-4-16/h5-10,13,16H,1-4,11-12,14-15H2. The summed E-state index contributed by atoms with van der Waals surface area (Å²) >= 11 is 1.46. The van der Waals surface area contributed by atoms with Gasteiger partial charge in [0.2, 0.25) is 10.0 Å². The van der Waals surface area contributed by atoms with E-state index in [0.29, 0.717) is 30.3 Å². The van der Waals surface area contributed by atoms with E-state index >= 15 is 0 Å². The van der Waals surface area contributed by atoms with E-state index in [2.05, 4.69) is 4.57 Å². The molecule has 2 fully saturated rings. The molecule has 10 heteroatoms. The van der Waals surface area contributed by atoms with Crippen molar-refractivity contribution in [3.8, 4) is 0 Å². The highest BCUT2D eigenvalue weighted by atomic mass is 32.2. The molecule has 1 aromatic heterocycles. The smallest absolute Gasteiger partial charge is 0.319 e. The molecule has 1 aliphatic carbocycles. The van der Waals surface area contributed by atoms with Gasteiger partial charge in [0, 0.05) is 25.4 Å². The summed E-state index contributed by atoms with van der Waals surface area (Å²) in [6.45, 7) is 1.90. The normalized spacial score (nSPS) is 17.8. The maximum atomic E-state index is 13.0. The lowest BCUT2D eigenvalue weighted by Gasteiger charge is -2.15. The molecule has 1 saturated carbocycles. The quantitative estimate of drug-likeness (QED) is 0.404. The summed E-state index contributed by atoms with van der Waals surface area (Å²) in [7, 11) is -3.53. The second-order valence-corrected chi connectivity index (χ2v) is 11.6. The van der Waals surface area contributed by atoms with Crippen LogP contribution in [0.25, 0.3) is 11.0 Å². The van der Waals surface area contributed by atoms with E-state index in [1.54, 1.807) is 12.1 Å². The van der Waals surface area contributed by atoms with Crippen molar-refractivity contribution in [2.75, 3.05) is 13.1 Å². The summed E-state index contributed by atoms with van der Waals surface area (Å²) in [4.78, 5) is 4.99. The van der Waals surface area contributed by atoms with Crippen LogP contribution < -0.4 is 0 Å². The number of hydrogen-bond donors (Lipinski definition) is 0. The van der Waals surface area contributed by atoms with Gasteiger partial charge in [-0.15, -0.1) is 0 Å². The fourth-order valence-corrected chi connectivity index (χ4v) is 6.63. The van der Waals surface area contributed by atoms with E-state index < -0.39 is 21.8 Å². The lowest BCUT2D eigenvalue weighted by Crippen LogP contribution is -2.27. The number of rotatable bonds is 7. The zero-order valence-corrected chi connectivity index (χ0v) is 19.5. The van der Waals surface area contributed by atoms with Crippen LogP contribution in [0.4, 0.5) is 13.2 Å². The third-order valence-corrected chi connectivity index (χ3v) is 9.12. The van der Waals surface area contributed by atoms with Crippen molar-refractivity contribution in [2.24, 2.45) is 5.92 Å². The molecular formula is C23H24F3N3O2S2. The third kappa shape index (κ3) is 4.79. The molecule has 2 heterocycles. The summed E-state index contributed by atoms with van der Waals surface area (Å²) in [6.07, 6.45) is -0.282. The number of aromatic nitrogens is 2. The van der Waals surface area contributed by atoms with Crippen molar-refractivity contribution in [1.29, 1.82) is 0 Å². The Hall–Kier alpha value is -2.04. The minimum Gasteiger partial charge on any atom is -0.319 e. The number of fused-ring (bicyclic) bond motifs is 1. The molecule has 5 nitrogen and oxygen atoms in total. The van der Waals surface area contributed by atoms with Gasteiger partial charge in [-0.2, -0.15) is 17.5 Å². The van der Waals surface area contributed by atoms with Crippen molar-refractivity contribution in [1.82, 2.24) is 13.9 Å². The largest absolute Gasteiger partial charge is 0.416 e. The monoisotopic (exact) mass is 495 g/mol. The highest BCUT2D eigenvalue weighted by Crippen LogP contribution is 2.36. The highest BCUT2D eigenvalue weighted by Gasteiger charge is 2.30. The van der Waals surface area contributed by atoms with Crippen LogP contribution in [-0.2, 0) is 28.5 Å². The number of imidazole rings is 1. The second kappa shape index (κ2) is 8.63. The Balaban J connectivity index is 1.42. The van der Waals surface area contributed by atoms with Gasteiger partial charge in [-0.1, -0.05) is 23.9 Å². The lowest BCUT2D eigenvalue weighted by molar-refractivity contribution is -0.137. The Bertz CT molecular complexity index is 1260. The van der Waals surface area contributed by atoms with Crippen LogP contribution >= 0.6 is 11.8 Å². The molecule has 0 spiro atoms. The minimum absolute atomic E-state index is 0.257. The van der Waals surface area contributed by atoms with Gasteiger partial charge >= 0.3 is 6.18 Å². The molecule has 1 saturated heterocycles. The van der Waals surface area contributed by atoms with Gasteiger partial charge in [-0.05, 0) is 67.5 Å². The molecule has 1 aliphatic heterocycles.